The summed E-state index contributed by atoms with van der Waals surface area (Å²) in [4.78, 5) is 4.25. The van der Waals surface area contributed by atoms with E-state index < -0.39 is 0 Å². The predicted molar refractivity (Wildman–Crippen MR) is 80.3 cm³/mol. The zero-order chi connectivity index (χ0) is 13.4. The second-order valence-corrected chi connectivity index (χ2v) is 6.09. The second-order valence-electron chi connectivity index (χ2n) is 5.25. The van der Waals surface area contributed by atoms with Gasteiger partial charge in [0, 0.05) is 35.1 Å². The van der Waals surface area contributed by atoms with Crippen LogP contribution in [0.2, 0.25) is 10.0 Å². The summed E-state index contributed by atoms with van der Waals surface area (Å²) in [6.45, 7) is 0. The van der Waals surface area contributed by atoms with Gasteiger partial charge in [0.05, 0.1) is 0 Å². The maximum Gasteiger partial charge on any atom is 0.191 e. The molecule has 0 radical (unpaired) electrons. The fourth-order valence-electron chi connectivity index (χ4n) is 2.27. The van der Waals surface area contributed by atoms with E-state index in [9.17, 15) is 0 Å². The van der Waals surface area contributed by atoms with E-state index in [0.29, 0.717) is 23.0 Å². The summed E-state index contributed by atoms with van der Waals surface area (Å²) in [5.41, 5.74) is 1.17. The molecule has 0 unspecified atom stereocenters. The van der Waals surface area contributed by atoms with Crippen LogP contribution in [0.5, 0.6) is 0 Å². The normalized spacial score (nSPS) is 26.2. The molecular weight excluding hydrogens is 281 g/mol. The third-order valence-electron chi connectivity index (χ3n) is 3.62. The van der Waals surface area contributed by atoms with Gasteiger partial charge >= 0.3 is 0 Å². The van der Waals surface area contributed by atoms with Crippen molar-refractivity contribution in [3.05, 3.63) is 33.8 Å². The van der Waals surface area contributed by atoms with Crippen molar-refractivity contribution in [1.29, 1.82) is 0 Å². The molecule has 3 rings (SSSR count). The van der Waals surface area contributed by atoms with Crippen LogP contribution >= 0.6 is 23.2 Å². The van der Waals surface area contributed by atoms with Crippen LogP contribution in [0.1, 0.15) is 30.7 Å². The number of halogens is 2. The maximum atomic E-state index is 6.24. The van der Waals surface area contributed by atoms with Crippen molar-refractivity contribution in [2.24, 2.45) is 4.99 Å². The number of guanidine groups is 1. The molecule has 2 aliphatic carbocycles. The Morgan fingerprint density at radius 3 is 2.68 bits per heavy atom. The molecule has 2 saturated carbocycles. The van der Waals surface area contributed by atoms with Gasteiger partial charge in [-0.2, -0.15) is 0 Å². The number of hydrogen-bond donors (Lipinski definition) is 2. The minimum atomic E-state index is 0.420. The number of nitrogens with zero attached hydrogens (tertiary/aromatic N) is 1. The van der Waals surface area contributed by atoms with E-state index in [1.54, 1.807) is 0 Å². The summed E-state index contributed by atoms with van der Waals surface area (Å²) < 4.78 is 0. The van der Waals surface area contributed by atoms with Crippen molar-refractivity contribution in [3.8, 4) is 0 Å². The molecule has 0 spiro atoms. The molecule has 2 atom stereocenters. The molecular formula is C14H17Cl2N3. The average Bonchev–Trinajstić information content (AvgIpc) is 3.26. The number of aliphatic imine (C=N–C) groups is 1. The van der Waals surface area contributed by atoms with Crippen LogP contribution in [-0.4, -0.2) is 25.1 Å². The molecule has 5 heteroatoms. The minimum absolute atomic E-state index is 0.420. The Hall–Kier alpha value is -0.930. The van der Waals surface area contributed by atoms with Crippen molar-refractivity contribution in [3.63, 3.8) is 0 Å². The molecule has 2 N–H and O–H groups in total. The summed E-state index contributed by atoms with van der Waals surface area (Å²) in [5.74, 6) is 1.36. The Labute approximate surface area is 123 Å². The molecule has 1 aromatic carbocycles. The Morgan fingerprint density at radius 2 is 2.05 bits per heavy atom. The van der Waals surface area contributed by atoms with Gasteiger partial charge in [-0.3, -0.25) is 4.99 Å². The van der Waals surface area contributed by atoms with E-state index in [0.717, 1.165) is 17.4 Å². The molecule has 19 heavy (non-hydrogen) atoms. The van der Waals surface area contributed by atoms with Crippen molar-refractivity contribution in [2.75, 3.05) is 7.05 Å². The van der Waals surface area contributed by atoms with Gasteiger partial charge < -0.3 is 10.6 Å². The highest BCUT2D eigenvalue weighted by atomic mass is 35.5. The third-order valence-corrected chi connectivity index (χ3v) is 4.18. The molecule has 0 saturated heterocycles. The smallest absolute Gasteiger partial charge is 0.191 e. The monoisotopic (exact) mass is 297 g/mol. The van der Waals surface area contributed by atoms with Gasteiger partial charge in [0.1, 0.15) is 0 Å². The quantitative estimate of drug-likeness (QED) is 0.664. The lowest BCUT2D eigenvalue weighted by Crippen LogP contribution is -2.40. The van der Waals surface area contributed by atoms with Gasteiger partial charge in [-0.05, 0) is 37.0 Å². The number of hydrogen-bond acceptors (Lipinski definition) is 1. The van der Waals surface area contributed by atoms with Crippen LogP contribution in [0.15, 0.2) is 23.2 Å². The Morgan fingerprint density at radius 1 is 1.26 bits per heavy atom. The van der Waals surface area contributed by atoms with Gasteiger partial charge in [0.25, 0.3) is 0 Å². The van der Waals surface area contributed by atoms with Crippen LogP contribution in [0.3, 0.4) is 0 Å². The summed E-state index contributed by atoms with van der Waals surface area (Å²) in [6, 6.07) is 6.76. The molecule has 0 aromatic heterocycles. The summed E-state index contributed by atoms with van der Waals surface area (Å²) in [7, 11) is 1.81. The molecule has 2 fully saturated rings. The fraction of sp³-hybridized carbons (Fsp3) is 0.500. The van der Waals surface area contributed by atoms with Crippen molar-refractivity contribution in [2.45, 2.75) is 37.3 Å². The lowest BCUT2D eigenvalue weighted by Gasteiger charge is -2.11. The van der Waals surface area contributed by atoms with E-state index in [-0.39, 0.29) is 0 Å². The lowest BCUT2D eigenvalue weighted by molar-refractivity contribution is 0.787. The number of nitrogens with one attached hydrogen (secondary N) is 2. The first kappa shape index (κ1) is 13.1. The van der Waals surface area contributed by atoms with Gasteiger partial charge in [-0.25, -0.2) is 0 Å². The highest BCUT2D eigenvalue weighted by Crippen LogP contribution is 2.44. The molecule has 102 valence electrons. The molecule has 0 heterocycles. The largest absolute Gasteiger partial charge is 0.354 e. The first-order chi connectivity index (χ1) is 9.17. The third kappa shape index (κ3) is 3.15. The van der Waals surface area contributed by atoms with Crippen molar-refractivity contribution < 1.29 is 0 Å². The highest BCUT2D eigenvalue weighted by molar-refractivity contribution is 6.35. The number of benzene rings is 1. The van der Waals surface area contributed by atoms with E-state index >= 15 is 0 Å². The molecule has 1 aromatic rings. The van der Waals surface area contributed by atoms with Crippen LogP contribution in [-0.2, 0) is 0 Å². The number of rotatable bonds is 3. The highest BCUT2D eigenvalue weighted by Gasteiger charge is 2.40. The predicted octanol–water partition coefficient (Wildman–Crippen LogP) is 3.18. The summed E-state index contributed by atoms with van der Waals surface area (Å²) in [6.07, 6.45) is 3.59. The Balaban J connectivity index is 1.60. The van der Waals surface area contributed by atoms with E-state index in [1.165, 1.54) is 18.4 Å². The van der Waals surface area contributed by atoms with Crippen LogP contribution in [0.25, 0.3) is 0 Å². The minimum Gasteiger partial charge on any atom is -0.354 e. The lowest BCUT2D eigenvalue weighted by atomic mass is 10.1. The van der Waals surface area contributed by atoms with E-state index in [4.69, 9.17) is 23.2 Å². The molecule has 0 amide bonds. The fourth-order valence-corrected chi connectivity index (χ4v) is 2.82. The summed E-state index contributed by atoms with van der Waals surface area (Å²) in [5, 5.41) is 8.28. The van der Waals surface area contributed by atoms with Gasteiger partial charge in [0.15, 0.2) is 5.96 Å². The topological polar surface area (TPSA) is 36.4 Å². The maximum absolute atomic E-state index is 6.24. The Bertz CT molecular complexity index is 511. The first-order valence-corrected chi connectivity index (χ1v) is 7.38. The molecule has 3 nitrogen and oxygen atoms in total. The summed E-state index contributed by atoms with van der Waals surface area (Å²) >= 11 is 12.2. The zero-order valence-corrected chi connectivity index (χ0v) is 12.3. The average molecular weight is 298 g/mol. The Kier molecular flexibility index (Phi) is 3.59. The van der Waals surface area contributed by atoms with Gasteiger partial charge in [-0.1, -0.05) is 29.3 Å². The van der Waals surface area contributed by atoms with E-state index in [1.807, 2.05) is 25.2 Å². The molecule has 2 aliphatic rings. The first-order valence-electron chi connectivity index (χ1n) is 6.62. The molecule has 0 aliphatic heterocycles. The van der Waals surface area contributed by atoms with E-state index in [2.05, 4.69) is 15.6 Å². The zero-order valence-electron chi connectivity index (χ0n) is 10.8. The SMILES string of the molecule is CN=C(NC1CC1)N[C@@H]1C[C@H]1c1ccc(Cl)cc1Cl. The molecule has 0 bridgehead atoms. The van der Waals surface area contributed by atoms with Crippen LogP contribution < -0.4 is 10.6 Å². The van der Waals surface area contributed by atoms with Crippen molar-refractivity contribution in [1.82, 2.24) is 10.6 Å². The van der Waals surface area contributed by atoms with Gasteiger partial charge in [0.2, 0.25) is 0 Å². The second kappa shape index (κ2) is 5.22. The van der Waals surface area contributed by atoms with Crippen molar-refractivity contribution >= 4 is 29.2 Å². The standard InChI is InChI=1S/C14H17Cl2N3/c1-17-14(18-9-3-4-9)19-13-7-11(13)10-5-2-8(15)6-12(10)16/h2,5-6,9,11,13H,3-4,7H2,1H3,(H2,17,18,19)/t11-,13+/m0/s1. The van der Waals surface area contributed by atoms with Crippen LogP contribution in [0, 0.1) is 0 Å². The van der Waals surface area contributed by atoms with Gasteiger partial charge in [-0.15, -0.1) is 0 Å². The van der Waals surface area contributed by atoms with Crippen LogP contribution in [0.4, 0.5) is 0 Å².